The van der Waals surface area contributed by atoms with Crippen LogP contribution in [0.3, 0.4) is 0 Å². The van der Waals surface area contributed by atoms with E-state index in [1.54, 1.807) is 6.08 Å². The number of carbonyl (C=O) groups is 1. The Kier molecular flexibility index (Phi) is 4.61. The molecule has 100 valence electrons. The van der Waals surface area contributed by atoms with Crippen molar-refractivity contribution in [1.29, 1.82) is 0 Å². The Morgan fingerprint density at radius 2 is 2.11 bits per heavy atom. The van der Waals surface area contributed by atoms with Gasteiger partial charge in [-0.1, -0.05) is 24.3 Å². The maximum atomic E-state index is 11.3. The van der Waals surface area contributed by atoms with Gasteiger partial charge in [0, 0.05) is 31.3 Å². The summed E-state index contributed by atoms with van der Waals surface area (Å²) in [6.45, 7) is 5.60. The minimum absolute atomic E-state index is 0.141. The third-order valence-electron chi connectivity index (χ3n) is 2.95. The number of para-hydroxylation sites is 1. The minimum atomic E-state index is -0.141. The molecule has 0 aliphatic carbocycles. The van der Waals surface area contributed by atoms with Gasteiger partial charge in [0.1, 0.15) is 0 Å². The fourth-order valence-electron chi connectivity index (χ4n) is 2.01. The molecule has 2 N–H and O–H groups in total. The molecule has 0 aliphatic heterocycles. The van der Waals surface area contributed by atoms with E-state index in [4.69, 9.17) is 0 Å². The smallest absolute Gasteiger partial charge is 0.315 e. The molecule has 0 saturated heterocycles. The summed E-state index contributed by atoms with van der Waals surface area (Å²) in [6.07, 6.45) is 4.65. The summed E-state index contributed by atoms with van der Waals surface area (Å²) in [5, 5.41) is 6.75. The Morgan fingerprint density at radius 3 is 2.95 bits per heavy atom. The van der Waals surface area contributed by atoms with E-state index in [2.05, 4.69) is 46.2 Å². The van der Waals surface area contributed by atoms with E-state index in [1.165, 1.54) is 10.9 Å². The van der Waals surface area contributed by atoms with Crippen LogP contribution in [-0.4, -0.2) is 23.7 Å². The highest BCUT2D eigenvalue weighted by Crippen LogP contribution is 2.14. The maximum Gasteiger partial charge on any atom is 0.315 e. The van der Waals surface area contributed by atoms with Gasteiger partial charge in [-0.25, -0.2) is 4.79 Å². The monoisotopic (exact) mass is 257 g/mol. The van der Waals surface area contributed by atoms with Crippen LogP contribution in [0.4, 0.5) is 4.79 Å². The van der Waals surface area contributed by atoms with Crippen LogP contribution in [0.25, 0.3) is 10.9 Å². The molecular weight excluding hydrogens is 238 g/mol. The molecule has 1 aromatic heterocycles. The highest BCUT2D eigenvalue weighted by molar-refractivity contribution is 5.79. The third kappa shape index (κ3) is 3.61. The number of aryl methyl sites for hydroxylation is 1. The quantitative estimate of drug-likeness (QED) is 0.606. The maximum absolute atomic E-state index is 11.3. The molecule has 1 aromatic carbocycles. The van der Waals surface area contributed by atoms with E-state index in [0.29, 0.717) is 13.1 Å². The fraction of sp³-hybridized carbons (Fsp3) is 0.267. The second-order valence-electron chi connectivity index (χ2n) is 4.35. The number of nitrogens with zero attached hydrogens (tertiary/aromatic N) is 1. The van der Waals surface area contributed by atoms with Crippen molar-refractivity contribution >= 4 is 16.9 Å². The van der Waals surface area contributed by atoms with Crippen molar-refractivity contribution in [2.45, 2.75) is 13.0 Å². The summed E-state index contributed by atoms with van der Waals surface area (Å²) in [6, 6.07) is 10.3. The molecule has 4 nitrogen and oxygen atoms in total. The first kappa shape index (κ1) is 13.2. The molecule has 2 aromatic rings. The molecule has 0 aliphatic rings. The number of urea groups is 1. The van der Waals surface area contributed by atoms with E-state index in [1.807, 2.05) is 12.1 Å². The molecular formula is C15H19N3O. The van der Waals surface area contributed by atoms with E-state index in [-0.39, 0.29) is 6.03 Å². The van der Waals surface area contributed by atoms with Crippen molar-refractivity contribution in [2.75, 3.05) is 13.1 Å². The van der Waals surface area contributed by atoms with Gasteiger partial charge in [-0.3, -0.25) is 0 Å². The zero-order valence-corrected chi connectivity index (χ0v) is 10.9. The van der Waals surface area contributed by atoms with Gasteiger partial charge in [-0.2, -0.15) is 0 Å². The van der Waals surface area contributed by atoms with Crippen LogP contribution in [-0.2, 0) is 6.54 Å². The molecule has 0 saturated carbocycles. The average Bonchev–Trinajstić information content (AvgIpc) is 2.85. The summed E-state index contributed by atoms with van der Waals surface area (Å²) in [5.74, 6) is 0. The summed E-state index contributed by atoms with van der Waals surface area (Å²) in [4.78, 5) is 11.3. The lowest BCUT2D eigenvalue weighted by Gasteiger charge is -2.07. The Labute approximate surface area is 113 Å². The van der Waals surface area contributed by atoms with Gasteiger partial charge in [0.05, 0.1) is 0 Å². The lowest BCUT2D eigenvalue weighted by Crippen LogP contribution is -2.36. The minimum Gasteiger partial charge on any atom is -0.347 e. The predicted molar refractivity (Wildman–Crippen MR) is 78.2 cm³/mol. The molecule has 0 atom stereocenters. The summed E-state index contributed by atoms with van der Waals surface area (Å²) in [7, 11) is 0. The molecule has 0 bridgehead atoms. The molecule has 0 spiro atoms. The van der Waals surface area contributed by atoms with Crippen molar-refractivity contribution in [3.8, 4) is 0 Å². The molecule has 19 heavy (non-hydrogen) atoms. The van der Waals surface area contributed by atoms with Crippen LogP contribution in [0.15, 0.2) is 49.2 Å². The highest BCUT2D eigenvalue weighted by atomic mass is 16.2. The van der Waals surface area contributed by atoms with Crippen molar-refractivity contribution in [1.82, 2.24) is 15.2 Å². The van der Waals surface area contributed by atoms with E-state index >= 15 is 0 Å². The molecule has 1 heterocycles. The number of amides is 2. The zero-order valence-electron chi connectivity index (χ0n) is 10.9. The summed E-state index contributed by atoms with van der Waals surface area (Å²) < 4.78 is 2.21. The number of fused-ring (bicyclic) bond motifs is 1. The first-order valence-electron chi connectivity index (χ1n) is 6.48. The summed E-state index contributed by atoms with van der Waals surface area (Å²) in [5.41, 5.74) is 1.23. The number of benzene rings is 1. The number of nitrogens with one attached hydrogen (secondary N) is 2. The second-order valence-corrected chi connectivity index (χ2v) is 4.35. The number of carbonyl (C=O) groups excluding carboxylic acids is 1. The van der Waals surface area contributed by atoms with Crippen LogP contribution >= 0.6 is 0 Å². The fourth-order valence-corrected chi connectivity index (χ4v) is 2.01. The lowest BCUT2D eigenvalue weighted by molar-refractivity contribution is 0.241. The highest BCUT2D eigenvalue weighted by Gasteiger charge is 2.00. The van der Waals surface area contributed by atoms with Crippen molar-refractivity contribution in [3.05, 3.63) is 49.2 Å². The van der Waals surface area contributed by atoms with Crippen LogP contribution in [0.5, 0.6) is 0 Å². The number of rotatable bonds is 6. The van der Waals surface area contributed by atoms with Gasteiger partial charge in [0.2, 0.25) is 0 Å². The topological polar surface area (TPSA) is 46.1 Å². The summed E-state index contributed by atoms with van der Waals surface area (Å²) >= 11 is 0. The normalized spacial score (nSPS) is 10.3. The van der Waals surface area contributed by atoms with Crippen LogP contribution in [0.1, 0.15) is 6.42 Å². The van der Waals surface area contributed by atoms with Crippen molar-refractivity contribution in [3.63, 3.8) is 0 Å². The number of hydrogen-bond acceptors (Lipinski definition) is 1. The molecule has 2 rings (SSSR count). The van der Waals surface area contributed by atoms with E-state index in [0.717, 1.165) is 13.0 Å². The zero-order chi connectivity index (χ0) is 13.5. The van der Waals surface area contributed by atoms with Gasteiger partial charge < -0.3 is 15.2 Å². The first-order valence-corrected chi connectivity index (χ1v) is 6.48. The first-order chi connectivity index (χ1) is 9.31. The largest absolute Gasteiger partial charge is 0.347 e. The lowest BCUT2D eigenvalue weighted by atomic mass is 10.2. The molecule has 0 fully saturated rings. The molecule has 0 radical (unpaired) electrons. The van der Waals surface area contributed by atoms with Gasteiger partial charge in [0.15, 0.2) is 0 Å². The van der Waals surface area contributed by atoms with Gasteiger partial charge >= 0.3 is 6.03 Å². The van der Waals surface area contributed by atoms with E-state index < -0.39 is 0 Å². The predicted octanol–water partition coefficient (Wildman–Crippen LogP) is 2.52. The SMILES string of the molecule is C=CCNC(=O)NCCCn1ccc2ccccc21. The van der Waals surface area contributed by atoms with Crippen LogP contribution < -0.4 is 10.6 Å². The van der Waals surface area contributed by atoms with Gasteiger partial charge in [-0.15, -0.1) is 6.58 Å². The second kappa shape index (κ2) is 6.64. The molecule has 0 unspecified atom stereocenters. The Balaban J connectivity index is 1.77. The standard InChI is InChI=1S/C15H19N3O/c1-2-9-16-15(19)17-10-5-11-18-12-8-13-6-3-4-7-14(13)18/h2-4,6-8,12H,1,5,9-11H2,(H2,16,17,19). The average molecular weight is 257 g/mol. The van der Waals surface area contributed by atoms with Crippen molar-refractivity contribution in [2.24, 2.45) is 0 Å². The molecule has 2 amide bonds. The Bertz CT molecular complexity index is 559. The number of aromatic nitrogens is 1. The van der Waals surface area contributed by atoms with Crippen LogP contribution in [0, 0.1) is 0 Å². The molecule has 4 heteroatoms. The Hall–Kier alpha value is -2.23. The number of hydrogen-bond donors (Lipinski definition) is 2. The van der Waals surface area contributed by atoms with Gasteiger partial charge in [0.25, 0.3) is 0 Å². The van der Waals surface area contributed by atoms with Gasteiger partial charge in [-0.05, 0) is 23.9 Å². The Morgan fingerprint density at radius 1 is 1.26 bits per heavy atom. The van der Waals surface area contributed by atoms with Crippen molar-refractivity contribution < 1.29 is 4.79 Å². The van der Waals surface area contributed by atoms with E-state index in [9.17, 15) is 4.79 Å². The third-order valence-corrected chi connectivity index (χ3v) is 2.95. The van der Waals surface area contributed by atoms with Crippen LogP contribution in [0.2, 0.25) is 0 Å².